The summed E-state index contributed by atoms with van der Waals surface area (Å²) in [7, 11) is 2.90. The number of benzene rings is 2. The van der Waals surface area contributed by atoms with Gasteiger partial charge in [0.25, 0.3) is 0 Å². The van der Waals surface area contributed by atoms with Gasteiger partial charge in [0.2, 0.25) is 5.91 Å². The number of carbonyl (C=O) groups is 2. The Bertz CT molecular complexity index is 1070. The predicted molar refractivity (Wildman–Crippen MR) is 106 cm³/mol. The zero-order valence-electron chi connectivity index (χ0n) is 16.1. The highest BCUT2D eigenvalue weighted by atomic mass is 16.5. The summed E-state index contributed by atoms with van der Waals surface area (Å²) >= 11 is 0. The van der Waals surface area contributed by atoms with Gasteiger partial charge in [-0.2, -0.15) is 0 Å². The third-order valence-electron chi connectivity index (χ3n) is 5.12. The molecule has 0 unspecified atom stereocenters. The lowest BCUT2D eigenvalue weighted by Crippen LogP contribution is -2.29. The minimum Gasteiger partial charge on any atom is -0.497 e. The molecule has 29 heavy (non-hydrogen) atoms. The Morgan fingerprint density at radius 3 is 2.59 bits per heavy atom. The first-order chi connectivity index (χ1) is 14.1. The first-order valence-corrected chi connectivity index (χ1v) is 9.18. The van der Waals surface area contributed by atoms with Crippen molar-refractivity contribution in [3.8, 4) is 17.1 Å². The van der Waals surface area contributed by atoms with Gasteiger partial charge in [-0.15, -0.1) is 0 Å². The van der Waals surface area contributed by atoms with Crippen molar-refractivity contribution in [1.29, 1.82) is 0 Å². The summed E-state index contributed by atoms with van der Waals surface area (Å²) in [5, 5.41) is 7.00. The van der Waals surface area contributed by atoms with Gasteiger partial charge in [-0.1, -0.05) is 29.4 Å². The molecule has 7 nitrogen and oxygen atoms in total. The van der Waals surface area contributed by atoms with Crippen LogP contribution in [-0.2, 0) is 14.9 Å². The molecule has 2 aromatic carbocycles. The summed E-state index contributed by atoms with van der Waals surface area (Å²) in [5.74, 6) is 0.540. The smallest absolute Gasteiger partial charge is 0.339 e. The molecule has 1 heterocycles. The van der Waals surface area contributed by atoms with Crippen LogP contribution >= 0.6 is 0 Å². The van der Waals surface area contributed by atoms with Crippen molar-refractivity contribution in [2.45, 2.75) is 18.3 Å². The average Bonchev–Trinajstić information content (AvgIpc) is 3.43. The third-order valence-corrected chi connectivity index (χ3v) is 5.12. The number of esters is 1. The van der Waals surface area contributed by atoms with Crippen LogP contribution in [0.5, 0.6) is 5.75 Å². The Labute approximate surface area is 167 Å². The predicted octanol–water partition coefficient (Wildman–Crippen LogP) is 3.81. The molecule has 7 heteroatoms. The van der Waals surface area contributed by atoms with Gasteiger partial charge in [0, 0.05) is 11.6 Å². The van der Waals surface area contributed by atoms with Gasteiger partial charge in [0.15, 0.2) is 5.76 Å². The van der Waals surface area contributed by atoms with Crippen LogP contribution in [0.15, 0.2) is 59.1 Å². The lowest BCUT2D eigenvalue weighted by molar-refractivity contribution is -0.118. The number of rotatable bonds is 6. The fourth-order valence-corrected chi connectivity index (χ4v) is 3.26. The van der Waals surface area contributed by atoms with E-state index in [4.69, 9.17) is 14.0 Å². The molecule has 1 aliphatic carbocycles. The number of hydrogen-bond acceptors (Lipinski definition) is 6. The van der Waals surface area contributed by atoms with E-state index < -0.39 is 11.4 Å². The SMILES string of the molecule is COC(=O)c1ccccc1NC(=O)C1(c2cc(-c3cccc(OC)c3)on2)CC1. The summed E-state index contributed by atoms with van der Waals surface area (Å²) in [6.07, 6.45) is 1.31. The van der Waals surface area contributed by atoms with Crippen LogP contribution in [0.25, 0.3) is 11.3 Å². The Balaban J connectivity index is 1.58. The molecule has 0 atom stereocenters. The molecule has 1 fully saturated rings. The molecule has 1 aromatic heterocycles. The Kier molecular flexibility index (Phi) is 4.80. The van der Waals surface area contributed by atoms with Crippen molar-refractivity contribution in [1.82, 2.24) is 5.16 Å². The van der Waals surface area contributed by atoms with E-state index in [0.29, 0.717) is 41.3 Å². The first kappa shape index (κ1) is 18.7. The second kappa shape index (κ2) is 7.43. The Morgan fingerprint density at radius 1 is 1.07 bits per heavy atom. The monoisotopic (exact) mass is 392 g/mol. The second-order valence-electron chi connectivity index (χ2n) is 6.88. The number of carbonyl (C=O) groups excluding carboxylic acids is 2. The standard InChI is InChI=1S/C22H20N2O5/c1-27-15-7-5-6-14(12-15)18-13-19(24-29-18)22(10-11-22)21(26)23-17-9-4-3-8-16(17)20(25)28-2/h3-9,12-13H,10-11H2,1-2H3,(H,23,26). The number of para-hydroxylation sites is 1. The molecule has 148 valence electrons. The fraction of sp³-hybridized carbons (Fsp3) is 0.227. The lowest BCUT2D eigenvalue weighted by Gasteiger charge is -2.14. The molecule has 3 aromatic rings. The summed E-state index contributed by atoms with van der Waals surface area (Å²) in [4.78, 5) is 25.0. The van der Waals surface area contributed by atoms with E-state index in [1.54, 1.807) is 37.4 Å². The molecular weight excluding hydrogens is 372 g/mol. The topological polar surface area (TPSA) is 90.7 Å². The van der Waals surface area contributed by atoms with Crippen molar-refractivity contribution in [3.63, 3.8) is 0 Å². The maximum atomic E-state index is 13.0. The van der Waals surface area contributed by atoms with Crippen LogP contribution in [0.2, 0.25) is 0 Å². The Morgan fingerprint density at radius 2 is 1.86 bits per heavy atom. The van der Waals surface area contributed by atoms with Crippen LogP contribution < -0.4 is 10.1 Å². The van der Waals surface area contributed by atoms with Crippen molar-refractivity contribution in [3.05, 3.63) is 65.9 Å². The van der Waals surface area contributed by atoms with Gasteiger partial charge in [0.05, 0.1) is 36.6 Å². The van der Waals surface area contributed by atoms with Crippen molar-refractivity contribution >= 4 is 17.6 Å². The summed E-state index contributed by atoms with van der Waals surface area (Å²) < 4.78 is 15.5. The van der Waals surface area contributed by atoms with Gasteiger partial charge in [0.1, 0.15) is 5.75 Å². The summed E-state index contributed by atoms with van der Waals surface area (Å²) in [5.41, 5.74) is 1.34. The minimum absolute atomic E-state index is 0.223. The van der Waals surface area contributed by atoms with E-state index in [-0.39, 0.29) is 5.91 Å². The number of methoxy groups -OCH3 is 2. The third kappa shape index (κ3) is 3.47. The van der Waals surface area contributed by atoms with Crippen LogP contribution in [0.1, 0.15) is 28.9 Å². The maximum Gasteiger partial charge on any atom is 0.339 e. The number of aromatic nitrogens is 1. The second-order valence-corrected chi connectivity index (χ2v) is 6.88. The van der Waals surface area contributed by atoms with Gasteiger partial charge in [-0.05, 0) is 37.1 Å². The van der Waals surface area contributed by atoms with Crippen LogP contribution in [-0.4, -0.2) is 31.3 Å². The van der Waals surface area contributed by atoms with E-state index >= 15 is 0 Å². The van der Waals surface area contributed by atoms with Crippen LogP contribution in [0, 0.1) is 0 Å². The number of anilines is 1. The average molecular weight is 392 g/mol. The molecule has 0 aliphatic heterocycles. The van der Waals surface area contributed by atoms with E-state index in [0.717, 1.165) is 5.56 Å². The van der Waals surface area contributed by atoms with Crippen LogP contribution in [0.4, 0.5) is 5.69 Å². The highest BCUT2D eigenvalue weighted by Gasteiger charge is 2.54. The maximum absolute atomic E-state index is 13.0. The lowest BCUT2D eigenvalue weighted by atomic mass is 9.99. The molecule has 1 N–H and O–H groups in total. The number of nitrogens with one attached hydrogen (secondary N) is 1. The quantitative estimate of drug-likeness (QED) is 0.642. The summed E-state index contributed by atoms with van der Waals surface area (Å²) in [6.45, 7) is 0. The molecule has 0 spiro atoms. The van der Waals surface area contributed by atoms with Gasteiger partial charge in [-0.3, -0.25) is 4.79 Å². The van der Waals surface area contributed by atoms with E-state index in [1.807, 2.05) is 24.3 Å². The van der Waals surface area contributed by atoms with Crippen LogP contribution in [0.3, 0.4) is 0 Å². The van der Waals surface area contributed by atoms with Gasteiger partial charge >= 0.3 is 5.97 Å². The Hall–Kier alpha value is -3.61. The first-order valence-electron chi connectivity index (χ1n) is 9.18. The zero-order chi connectivity index (χ0) is 20.4. The number of hydrogen-bond donors (Lipinski definition) is 1. The van der Waals surface area contributed by atoms with Crippen molar-refractivity contribution < 1.29 is 23.6 Å². The molecule has 1 saturated carbocycles. The molecule has 4 rings (SSSR count). The largest absolute Gasteiger partial charge is 0.497 e. The molecule has 0 bridgehead atoms. The number of ether oxygens (including phenoxy) is 2. The van der Waals surface area contributed by atoms with E-state index in [2.05, 4.69) is 10.5 Å². The van der Waals surface area contributed by atoms with Crippen molar-refractivity contribution in [2.75, 3.05) is 19.5 Å². The molecule has 1 amide bonds. The molecule has 1 aliphatic rings. The fourth-order valence-electron chi connectivity index (χ4n) is 3.26. The number of nitrogens with zero attached hydrogens (tertiary/aromatic N) is 1. The normalized spacial score (nSPS) is 14.1. The minimum atomic E-state index is -0.760. The highest BCUT2D eigenvalue weighted by molar-refractivity contribution is 6.05. The van der Waals surface area contributed by atoms with Gasteiger partial charge < -0.3 is 19.3 Å². The van der Waals surface area contributed by atoms with Gasteiger partial charge in [-0.25, -0.2) is 4.79 Å². The van der Waals surface area contributed by atoms with E-state index in [9.17, 15) is 9.59 Å². The molecular formula is C22H20N2O5. The van der Waals surface area contributed by atoms with Crippen molar-refractivity contribution in [2.24, 2.45) is 0 Å². The molecule has 0 saturated heterocycles. The number of amides is 1. The zero-order valence-corrected chi connectivity index (χ0v) is 16.1. The molecule has 0 radical (unpaired) electrons. The summed E-state index contributed by atoms with van der Waals surface area (Å²) in [6, 6.07) is 16.0. The van der Waals surface area contributed by atoms with E-state index in [1.165, 1.54) is 7.11 Å². The highest BCUT2D eigenvalue weighted by Crippen LogP contribution is 2.49.